The highest BCUT2D eigenvalue weighted by Crippen LogP contribution is 2.08. The van der Waals surface area contributed by atoms with Gasteiger partial charge in [0.25, 0.3) is 0 Å². The van der Waals surface area contributed by atoms with Crippen LogP contribution in [0.1, 0.15) is 30.4 Å². The zero-order valence-corrected chi connectivity index (χ0v) is 7.67. The van der Waals surface area contributed by atoms with E-state index < -0.39 is 0 Å². The average molecular weight is 194 g/mol. The Morgan fingerprint density at radius 1 is 1.50 bits per heavy atom. The predicted octanol–water partition coefficient (Wildman–Crippen LogP) is 0.668. The molecule has 0 fully saturated rings. The summed E-state index contributed by atoms with van der Waals surface area (Å²) in [7, 11) is 0. The maximum atomic E-state index is 5.57. The Morgan fingerprint density at radius 2 is 2.36 bits per heavy atom. The van der Waals surface area contributed by atoms with Gasteiger partial charge in [0, 0.05) is 6.07 Å². The molecular formula is C8H10N4O2. The van der Waals surface area contributed by atoms with Crippen LogP contribution in [0.2, 0.25) is 0 Å². The number of hydrogen-bond donors (Lipinski definition) is 1. The van der Waals surface area contributed by atoms with Crippen molar-refractivity contribution in [2.75, 3.05) is 0 Å². The molecule has 0 aromatic carbocycles. The number of nitrogens with two attached hydrogens (primary N) is 1. The van der Waals surface area contributed by atoms with Gasteiger partial charge in [0.15, 0.2) is 5.82 Å². The zero-order chi connectivity index (χ0) is 9.97. The molecule has 2 aromatic rings. The largest absolute Gasteiger partial charge is 0.364 e. The fourth-order valence-electron chi connectivity index (χ4n) is 1.01. The summed E-state index contributed by atoms with van der Waals surface area (Å²) < 4.78 is 9.61. The Kier molecular flexibility index (Phi) is 2.28. The fourth-order valence-corrected chi connectivity index (χ4v) is 1.01. The van der Waals surface area contributed by atoms with Gasteiger partial charge in [0.2, 0.25) is 5.89 Å². The third-order valence-corrected chi connectivity index (χ3v) is 1.70. The summed E-state index contributed by atoms with van der Waals surface area (Å²) in [5.41, 5.74) is 6.34. The van der Waals surface area contributed by atoms with E-state index in [4.69, 9.17) is 10.3 Å². The molecule has 2 N–H and O–H groups in total. The van der Waals surface area contributed by atoms with E-state index in [1.807, 2.05) is 0 Å². The Labute approximate surface area is 80.1 Å². The normalized spacial score (nSPS) is 13.0. The third kappa shape index (κ3) is 1.80. The molecule has 2 rings (SSSR count). The van der Waals surface area contributed by atoms with Crippen molar-refractivity contribution < 1.29 is 9.05 Å². The van der Waals surface area contributed by atoms with Gasteiger partial charge in [-0.3, -0.25) is 0 Å². The zero-order valence-electron chi connectivity index (χ0n) is 7.67. The molecule has 0 amide bonds. The van der Waals surface area contributed by atoms with Gasteiger partial charge in [-0.2, -0.15) is 4.98 Å². The number of hydrogen-bond acceptors (Lipinski definition) is 6. The first-order chi connectivity index (χ1) is 6.75. The molecule has 0 aliphatic carbocycles. The molecular weight excluding hydrogens is 184 g/mol. The van der Waals surface area contributed by atoms with Gasteiger partial charge in [-0.15, -0.1) is 0 Å². The van der Waals surface area contributed by atoms with E-state index in [2.05, 4.69) is 19.8 Å². The van der Waals surface area contributed by atoms with Crippen molar-refractivity contribution in [3.8, 4) is 0 Å². The lowest BCUT2D eigenvalue weighted by molar-refractivity contribution is 0.357. The van der Waals surface area contributed by atoms with E-state index >= 15 is 0 Å². The van der Waals surface area contributed by atoms with Crippen molar-refractivity contribution in [1.82, 2.24) is 15.3 Å². The molecule has 1 unspecified atom stereocenters. The Balaban J connectivity index is 2.11. The highest BCUT2D eigenvalue weighted by Gasteiger charge is 2.11. The van der Waals surface area contributed by atoms with Crippen LogP contribution in [0, 0.1) is 0 Å². The highest BCUT2D eigenvalue weighted by molar-refractivity contribution is 5.04. The van der Waals surface area contributed by atoms with Crippen molar-refractivity contribution in [2.45, 2.75) is 19.4 Å². The number of aromatic nitrogens is 3. The van der Waals surface area contributed by atoms with Crippen LogP contribution >= 0.6 is 0 Å². The number of rotatable bonds is 3. The lowest BCUT2D eigenvalue weighted by Crippen LogP contribution is -2.05. The van der Waals surface area contributed by atoms with Gasteiger partial charge in [-0.1, -0.05) is 10.3 Å². The lowest BCUT2D eigenvalue weighted by Gasteiger charge is -1.92. The SMILES string of the molecule is CC(N)c1nc(Cc2ccon2)no1. The monoisotopic (exact) mass is 194 g/mol. The molecule has 1 atom stereocenters. The summed E-state index contributed by atoms with van der Waals surface area (Å²) >= 11 is 0. The summed E-state index contributed by atoms with van der Waals surface area (Å²) in [4.78, 5) is 4.10. The third-order valence-electron chi connectivity index (χ3n) is 1.70. The summed E-state index contributed by atoms with van der Waals surface area (Å²) in [6.45, 7) is 1.79. The summed E-state index contributed by atoms with van der Waals surface area (Å²) in [6.07, 6.45) is 1.99. The molecule has 0 radical (unpaired) electrons. The topological polar surface area (TPSA) is 91.0 Å². The first kappa shape index (κ1) is 8.89. The van der Waals surface area contributed by atoms with Crippen LogP contribution in [-0.4, -0.2) is 15.3 Å². The summed E-state index contributed by atoms with van der Waals surface area (Å²) in [5, 5.41) is 7.50. The molecule has 74 valence electrons. The molecule has 2 heterocycles. The fraction of sp³-hybridized carbons (Fsp3) is 0.375. The van der Waals surface area contributed by atoms with Gasteiger partial charge in [-0.05, 0) is 6.92 Å². The van der Waals surface area contributed by atoms with E-state index in [1.165, 1.54) is 6.26 Å². The Bertz CT molecular complexity index is 393. The van der Waals surface area contributed by atoms with Gasteiger partial charge in [-0.25, -0.2) is 0 Å². The maximum Gasteiger partial charge on any atom is 0.243 e. The van der Waals surface area contributed by atoms with Crippen LogP contribution in [0.4, 0.5) is 0 Å². The molecule has 6 heteroatoms. The van der Waals surface area contributed by atoms with Crippen LogP contribution in [0.25, 0.3) is 0 Å². The average Bonchev–Trinajstić information content (AvgIpc) is 2.75. The molecule has 0 aliphatic rings. The molecule has 0 spiro atoms. The quantitative estimate of drug-likeness (QED) is 0.772. The van der Waals surface area contributed by atoms with Gasteiger partial charge >= 0.3 is 0 Å². The second kappa shape index (κ2) is 3.59. The molecule has 2 aromatic heterocycles. The van der Waals surface area contributed by atoms with Crippen molar-refractivity contribution in [2.24, 2.45) is 5.73 Å². The Morgan fingerprint density at radius 3 is 2.93 bits per heavy atom. The first-order valence-electron chi connectivity index (χ1n) is 4.23. The van der Waals surface area contributed by atoms with Crippen molar-refractivity contribution in [3.63, 3.8) is 0 Å². The Hall–Kier alpha value is -1.69. The summed E-state index contributed by atoms with van der Waals surface area (Å²) in [6, 6.07) is 1.51. The standard InChI is InChI=1S/C8H10N4O2/c1-5(9)8-10-7(12-14-8)4-6-2-3-13-11-6/h2-3,5H,4,9H2,1H3. The minimum absolute atomic E-state index is 0.242. The molecule has 0 aliphatic heterocycles. The van der Waals surface area contributed by atoms with Crippen molar-refractivity contribution in [1.29, 1.82) is 0 Å². The van der Waals surface area contributed by atoms with Crippen LogP contribution in [0.15, 0.2) is 21.4 Å². The summed E-state index contributed by atoms with van der Waals surface area (Å²) in [5.74, 6) is 0.995. The lowest BCUT2D eigenvalue weighted by atomic mass is 10.3. The molecule has 0 bridgehead atoms. The molecule has 6 nitrogen and oxygen atoms in total. The van der Waals surface area contributed by atoms with Crippen molar-refractivity contribution in [3.05, 3.63) is 29.7 Å². The second-order valence-electron chi connectivity index (χ2n) is 3.01. The highest BCUT2D eigenvalue weighted by atomic mass is 16.5. The van der Waals surface area contributed by atoms with E-state index in [-0.39, 0.29) is 6.04 Å². The van der Waals surface area contributed by atoms with Gasteiger partial charge in [0.05, 0.1) is 18.2 Å². The molecule has 14 heavy (non-hydrogen) atoms. The number of nitrogens with zero attached hydrogens (tertiary/aromatic N) is 3. The minimum atomic E-state index is -0.242. The van der Waals surface area contributed by atoms with E-state index in [0.717, 1.165) is 5.69 Å². The predicted molar refractivity (Wildman–Crippen MR) is 46.2 cm³/mol. The van der Waals surface area contributed by atoms with Crippen LogP contribution < -0.4 is 5.73 Å². The van der Waals surface area contributed by atoms with E-state index in [0.29, 0.717) is 18.1 Å². The van der Waals surface area contributed by atoms with Crippen LogP contribution in [0.3, 0.4) is 0 Å². The minimum Gasteiger partial charge on any atom is -0.364 e. The van der Waals surface area contributed by atoms with Gasteiger partial charge in [0.1, 0.15) is 6.26 Å². The van der Waals surface area contributed by atoms with E-state index in [1.54, 1.807) is 13.0 Å². The smallest absolute Gasteiger partial charge is 0.243 e. The first-order valence-corrected chi connectivity index (χ1v) is 4.23. The second-order valence-corrected chi connectivity index (χ2v) is 3.01. The van der Waals surface area contributed by atoms with E-state index in [9.17, 15) is 0 Å². The molecule has 0 saturated heterocycles. The van der Waals surface area contributed by atoms with Gasteiger partial charge < -0.3 is 14.8 Å². The molecule has 0 saturated carbocycles. The maximum absolute atomic E-state index is 5.57. The van der Waals surface area contributed by atoms with Crippen LogP contribution in [0.5, 0.6) is 0 Å². The van der Waals surface area contributed by atoms with Crippen LogP contribution in [-0.2, 0) is 6.42 Å². The van der Waals surface area contributed by atoms with Crippen molar-refractivity contribution >= 4 is 0 Å².